The van der Waals surface area contributed by atoms with Gasteiger partial charge in [0.15, 0.2) is 0 Å². The molecule has 0 saturated carbocycles. The molecule has 1 aliphatic heterocycles. The molecule has 96 valence electrons. The van der Waals surface area contributed by atoms with Crippen molar-refractivity contribution >= 4 is 0 Å². The molecule has 0 amide bonds. The Bertz CT molecular complexity index is 339. The third-order valence-corrected chi connectivity index (χ3v) is 3.51. The standard InChI is InChI=1S/C13H24N4/c1-11(2)17-10-12(7-15-17)9-16(3)13-5-4-6-14-8-13/h7,10-11,13-14H,4-6,8-9H2,1-3H3. The number of hydrogen-bond donors (Lipinski definition) is 1. The molecule has 17 heavy (non-hydrogen) atoms. The second-order valence-electron chi connectivity index (χ2n) is 5.34. The summed E-state index contributed by atoms with van der Waals surface area (Å²) in [5.41, 5.74) is 1.31. The summed E-state index contributed by atoms with van der Waals surface area (Å²) in [6.45, 7) is 7.61. The highest BCUT2D eigenvalue weighted by Gasteiger charge is 2.18. The van der Waals surface area contributed by atoms with Crippen LogP contribution in [0.4, 0.5) is 0 Å². The molecule has 0 aromatic carbocycles. The number of nitrogens with one attached hydrogen (secondary N) is 1. The highest BCUT2D eigenvalue weighted by molar-refractivity contribution is 5.04. The number of likely N-dealkylation sites (N-methyl/N-ethyl adjacent to an activating group) is 1. The number of hydrogen-bond acceptors (Lipinski definition) is 3. The summed E-state index contributed by atoms with van der Waals surface area (Å²) in [5, 5.41) is 7.85. The summed E-state index contributed by atoms with van der Waals surface area (Å²) in [5.74, 6) is 0. The van der Waals surface area contributed by atoms with E-state index in [4.69, 9.17) is 0 Å². The maximum Gasteiger partial charge on any atom is 0.0534 e. The minimum Gasteiger partial charge on any atom is -0.315 e. The van der Waals surface area contributed by atoms with Crippen LogP contribution in [0.2, 0.25) is 0 Å². The highest BCUT2D eigenvalue weighted by Crippen LogP contribution is 2.13. The van der Waals surface area contributed by atoms with E-state index in [9.17, 15) is 0 Å². The van der Waals surface area contributed by atoms with Crippen LogP contribution in [0, 0.1) is 0 Å². The van der Waals surface area contributed by atoms with Crippen LogP contribution in [0.5, 0.6) is 0 Å². The molecule has 1 aromatic rings. The molecule has 0 aliphatic carbocycles. The van der Waals surface area contributed by atoms with Gasteiger partial charge in [0.05, 0.1) is 6.20 Å². The normalized spacial score (nSPS) is 21.4. The Kier molecular flexibility index (Phi) is 4.18. The lowest BCUT2D eigenvalue weighted by atomic mass is 10.1. The molecule has 4 nitrogen and oxygen atoms in total. The molecule has 0 radical (unpaired) electrons. The van der Waals surface area contributed by atoms with Gasteiger partial charge in [-0.25, -0.2) is 0 Å². The monoisotopic (exact) mass is 236 g/mol. The van der Waals surface area contributed by atoms with Crippen LogP contribution >= 0.6 is 0 Å². The zero-order chi connectivity index (χ0) is 12.3. The van der Waals surface area contributed by atoms with Crippen LogP contribution < -0.4 is 5.32 Å². The summed E-state index contributed by atoms with van der Waals surface area (Å²) in [4.78, 5) is 2.44. The van der Waals surface area contributed by atoms with Gasteiger partial charge in [0.1, 0.15) is 0 Å². The fraction of sp³-hybridized carbons (Fsp3) is 0.769. The van der Waals surface area contributed by atoms with E-state index in [-0.39, 0.29) is 0 Å². The second kappa shape index (κ2) is 5.65. The Balaban J connectivity index is 1.90. The van der Waals surface area contributed by atoms with Crippen molar-refractivity contribution in [1.82, 2.24) is 20.0 Å². The molecule has 1 unspecified atom stereocenters. The van der Waals surface area contributed by atoms with Crippen LogP contribution in [0.25, 0.3) is 0 Å². The fourth-order valence-electron chi connectivity index (χ4n) is 2.37. The summed E-state index contributed by atoms with van der Waals surface area (Å²) < 4.78 is 2.03. The average Bonchev–Trinajstić information content (AvgIpc) is 2.79. The predicted octanol–water partition coefficient (Wildman–Crippen LogP) is 1.65. The minimum absolute atomic E-state index is 0.449. The molecular weight excluding hydrogens is 212 g/mol. The minimum atomic E-state index is 0.449. The molecule has 0 bridgehead atoms. The largest absolute Gasteiger partial charge is 0.315 e. The van der Waals surface area contributed by atoms with Crippen LogP contribution in [-0.2, 0) is 6.54 Å². The van der Waals surface area contributed by atoms with Crippen LogP contribution in [0.15, 0.2) is 12.4 Å². The molecular formula is C13H24N4. The predicted molar refractivity (Wildman–Crippen MR) is 70.0 cm³/mol. The quantitative estimate of drug-likeness (QED) is 0.863. The van der Waals surface area contributed by atoms with E-state index in [1.165, 1.54) is 24.9 Å². The van der Waals surface area contributed by atoms with Gasteiger partial charge >= 0.3 is 0 Å². The smallest absolute Gasteiger partial charge is 0.0534 e. The van der Waals surface area contributed by atoms with Gasteiger partial charge in [-0.3, -0.25) is 9.58 Å². The van der Waals surface area contributed by atoms with Gasteiger partial charge in [0.2, 0.25) is 0 Å². The lowest BCUT2D eigenvalue weighted by Crippen LogP contribution is -2.43. The second-order valence-corrected chi connectivity index (χ2v) is 5.34. The van der Waals surface area contributed by atoms with E-state index < -0.39 is 0 Å². The first kappa shape index (κ1) is 12.6. The van der Waals surface area contributed by atoms with Gasteiger partial charge in [-0.15, -0.1) is 0 Å². The molecule has 1 aromatic heterocycles. The van der Waals surface area contributed by atoms with E-state index in [0.717, 1.165) is 13.1 Å². The van der Waals surface area contributed by atoms with E-state index in [1.807, 2.05) is 10.9 Å². The average molecular weight is 236 g/mol. The van der Waals surface area contributed by atoms with Gasteiger partial charge in [-0.2, -0.15) is 5.10 Å². The van der Waals surface area contributed by atoms with Gasteiger partial charge in [0, 0.05) is 36.9 Å². The van der Waals surface area contributed by atoms with Gasteiger partial charge in [-0.1, -0.05) is 0 Å². The lowest BCUT2D eigenvalue weighted by Gasteiger charge is -2.31. The Morgan fingerprint density at radius 1 is 1.59 bits per heavy atom. The zero-order valence-corrected chi connectivity index (χ0v) is 11.2. The Labute approximate surface area is 104 Å². The first-order chi connectivity index (χ1) is 8.16. The summed E-state index contributed by atoms with van der Waals surface area (Å²) in [6.07, 6.45) is 6.76. The molecule has 1 atom stereocenters. The van der Waals surface area contributed by atoms with Crippen molar-refractivity contribution in [1.29, 1.82) is 0 Å². The summed E-state index contributed by atoms with van der Waals surface area (Å²) >= 11 is 0. The molecule has 2 heterocycles. The number of nitrogens with zero attached hydrogens (tertiary/aromatic N) is 3. The molecule has 1 saturated heterocycles. The molecule has 1 fully saturated rings. The maximum atomic E-state index is 4.39. The summed E-state index contributed by atoms with van der Waals surface area (Å²) in [7, 11) is 2.21. The molecule has 0 spiro atoms. The van der Waals surface area contributed by atoms with E-state index in [1.54, 1.807) is 0 Å². The third-order valence-electron chi connectivity index (χ3n) is 3.51. The number of rotatable bonds is 4. The lowest BCUT2D eigenvalue weighted by molar-refractivity contribution is 0.196. The van der Waals surface area contributed by atoms with Crippen molar-refractivity contribution in [2.24, 2.45) is 0 Å². The SMILES string of the molecule is CC(C)n1cc(CN(C)C2CCCNC2)cn1. The molecule has 2 rings (SSSR count). The van der Waals surface area contributed by atoms with Crippen LogP contribution in [-0.4, -0.2) is 40.9 Å². The van der Waals surface area contributed by atoms with Crippen molar-refractivity contribution in [3.63, 3.8) is 0 Å². The molecule has 1 aliphatic rings. The Morgan fingerprint density at radius 3 is 3.00 bits per heavy atom. The summed E-state index contributed by atoms with van der Waals surface area (Å²) in [6, 6.07) is 1.12. The molecule has 4 heteroatoms. The first-order valence-corrected chi connectivity index (χ1v) is 6.61. The van der Waals surface area contributed by atoms with Gasteiger partial charge in [0.25, 0.3) is 0 Å². The maximum absolute atomic E-state index is 4.39. The Hall–Kier alpha value is -0.870. The topological polar surface area (TPSA) is 33.1 Å². The van der Waals surface area contributed by atoms with Crippen LogP contribution in [0.1, 0.15) is 38.3 Å². The Morgan fingerprint density at radius 2 is 2.41 bits per heavy atom. The number of piperidine rings is 1. The van der Waals surface area contributed by atoms with Crippen molar-refractivity contribution in [3.8, 4) is 0 Å². The van der Waals surface area contributed by atoms with E-state index >= 15 is 0 Å². The first-order valence-electron chi connectivity index (χ1n) is 6.61. The third kappa shape index (κ3) is 3.30. The van der Waals surface area contributed by atoms with E-state index in [2.05, 4.69) is 42.4 Å². The van der Waals surface area contributed by atoms with E-state index in [0.29, 0.717) is 12.1 Å². The highest BCUT2D eigenvalue weighted by atomic mass is 15.3. The van der Waals surface area contributed by atoms with Crippen molar-refractivity contribution in [2.45, 2.75) is 45.3 Å². The fourth-order valence-corrected chi connectivity index (χ4v) is 2.37. The number of aromatic nitrogens is 2. The van der Waals surface area contributed by atoms with Crippen LogP contribution in [0.3, 0.4) is 0 Å². The van der Waals surface area contributed by atoms with Gasteiger partial charge < -0.3 is 5.32 Å². The molecule has 1 N–H and O–H groups in total. The zero-order valence-electron chi connectivity index (χ0n) is 11.2. The van der Waals surface area contributed by atoms with Gasteiger partial charge in [-0.05, 0) is 40.3 Å². The van der Waals surface area contributed by atoms with Crippen molar-refractivity contribution < 1.29 is 0 Å². The van der Waals surface area contributed by atoms with Crippen molar-refractivity contribution in [2.75, 3.05) is 20.1 Å². The van der Waals surface area contributed by atoms with Crippen molar-refractivity contribution in [3.05, 3.63) is 18.0 Å².